The lowest BCUT2D eigenvalue weighted by molar-refractivity contribution is 1.11. The molecular weight excluding hydrogens is 369 g/mol. The third-order valence-corrected chi connectivity index (χ3v) is 4.96. The third kappa shape index (κ3) is 2.07. The van der Waals surface area contributed by atoms with Gasteiger partial charge in [0.05, 0.1) is 0 Å². The molecule has 0 aliphatic carbocycles. The number of rotatable bonds is 2. The summed E-state index contributed by atoms with van der Waals surface area (Å²) in [5, 5.41) is 9.12. The van der Waals surface area contributed by atoms with E-state index in [1.165, 1.54) is 4.88 Å². The number of thiazole rings is 1. The number of fused-ring (bicyclic) bond motifs is 1. The predicted octanol–water partition coefficient (Wildman–Crippen LogP) is 4.05. The van der Waals surface area contributed by atoms with E-state index in [1.54, 1.807) is 11.3 Å². The molecule has 0 amide bonds. The van der Waals surface area contributed by atoms with Gasteiger partial charge in [0.25, 0.3) is 0 Å². The first kappa shape index (κ1) is 11.4. The fourth-order valence-electron chi connectivity index (χ4n) is 1.61. The zero-order chi connectivity index (χ0) is 11.8. The van der Waals surface area contributed by atoms with Crippen molar-refractivity contribution >= 4 is 50.5 Å². The van der Waals surface area contributed by atoms with Crippen LogP contribution in [0, 0.1) is 0 Å². The fraction of sp³-hybridized carbons (Fsp3) is 0.0909. The van der Waals surface area contributed by atoms with E-state index >= 15 is 0 Å². The van der Waals surface area contributed by atoms with Gasteiger partial charge in [-0.05, 0) is 24.3 Å². The summed E-state index contributed by atoms with van der Waals surface area (Å²) in [5.74, 6) is 0.865. The van der Waals surface area contributed by atoms with E-state index in [0.717, 1.165) is 25.8 Å². The average molecular weight is 376 g/mol. The minimum atomic E-state index is 0.729. The second-order valence-corrected chi connectivity index (χ2v) is 5.81. The lowest BCUT2D eigenvalue weighted by Crippen LogP contribution is -1.86. The minimum absolute atomic E-state index is 0.729. The number of halogens is 2. The van der Waals surface area contributed by atoms with E-state index in [4.69, 9.17) is 11.6 Å². The monoisotopic (exact) mass is 375 g/mol. The maximum absolute atomic E-state index is 5.88. The van der Waals surface area contributed by atoms with Gasteiger partial charge in [-0.3, -0.25) is 4.40 Å². The molecule has 6 heteroatoms. The summed E-state index contributed by atoms with van der Waals surface area (Å²) >= 11 is 9.90. The van der Waals surface area contributed by atoms with Gasteiger partial charge in [-0.15, -0.1) is 10.2 Å². The molecule has 0 N–H and O–H groups in total. The zero-order valence-corrected chi connectivity index (χ0v) is 12.3. The van der Waals surface area contributed by atoms with Crippen LogP contribution in [0.25, 0.3) is 16.3 Å². The van der Waals surface area contributed by atoms with Crippen molar-refractivity contribution in [3.63, 3.8) is 0 Å². The zero-order valence-electron chi connectivity index (χ0n) is 8.60. The molecule has 0 spiro atoms. The van der Waals surface area contributed by atoms with Gasteiger partial charge < -0.3 is 0 Å². The summed E-state index contributed by atoms with van der Waals surface area (Å²) in [6.07, 6.45) is 2.09. The number of nitrogens with zero attached hydrogens (tertiary/aromatic N) is 3. The van der Waals surface area contributed by atoms with Crippen LogP contribution in [0.2, 0.25) is 5.02 Å². The second kappa shape index (κ2) is 4.55. The van der Waals surface area contributed by atoms with Crippen LogP contribution in [-0.2, 0) is 4.43 Å². The molecule has 2 heterocycles. The van der Waals surface area contributed by atoms with Crippen LogP contribution in [0.5, 0.6) is 0 Å². The molecule has 3 nitrogen and oxygen atoms in total. The van der Waals surface area contributed by atoms with Crippen LogP contribution in [0.15, 0.2) is 30.5 Å². The molecule has 0 saturated carbocycles. The van der Waals surface area contributed by atoms with Gasteiger partial charge in [0, 0.05) is 26.1 Å². The van der Waals surface area contributed by atoms with Gasteiger partial charge in [-0.1, -0.05) is 45.5 Å². The molecule has 0 aliphatic rings. The van der Waals surface area contributed by atoms with Gasteiger partial charge >= 0.3 is 0 Å². The van der Waals surface area contributed by atoms with Gasteiger partial charge in [0.1, 0.15) is 0 Å². The number of benzene rings is 1. The molecule has 0 radical (unpaired) electrons. The molecule has 3 aromatic rings. The van der Waals surface area contributed by atoms with Crippen LogP contribution in [0.4, 0.5) is 0 Å². The number of hydrogen-bond donors (Lipinski definition) is 0. The highest BCUT2D eigenvalue weighted by Gasteiger charge is 2.10. The van der Waals surface area contributed by atoms with Crippen molar-refractivity contribution in [3.05, 3.63) is 40.4 Å². The van der Waals surface area contributed by atoms with Crippen molar-refractivity contribution in [1.29, 1.82) is 0 Å². The van der Waals surface area contributed by atoms with E-state index in [-0.39, 0.29) is 0 Å². The van der Waals surface area contributed by atoms with Crippen LogP contribution in [0.1, 0.15) is 4.88 Å². The van der Waals surface area contributed by atoms with Gasteiger partial charge in [0.15, 0.2) is 5.82 Å². The average Bonchev–Trinajstić information content (AvgIpc) is 2.89. The second-order valence-electron chi connectivity index (χ2n) is 3.51. The summed E-state index contributed by atoms with van der Waals surface area (Å²) in [6.45, 7) is 0. The van der Waals surface area contributed by atoms with Crippen molar-refractivity contribution in [1.82, 2.24) is 14.6 Å². The highest BCUT2D eigenvalue weighted by Crippen LogP contribution is 2.25. The van der Waals surface area contributed by atoms with Crippen LogP contribution in [-0.4, -0.2) is 14.6 Å². The molecule has 3 rings (SSSR count). The van der Waals surface area contributed by atoms with E-state index in [0.29, 0.717) is 0 Å². The molecule has 0 aliphatic heterocycles. The van der Waals surface area contributed by atoms with Gasteiger partial charge in [-0.25, -0.2) is 0 Å². The number of hydrogen-bond acceptors (Lipinski definition) is 3. The molecule has 0 atom stereocenters. The smallest absolute Gasteiger partial charge is 0.216 e. The summed E-state index contributed by atoms with van der Waals surface area (Å²) < 4.78 is 3.02. The van der Waals surface area contributed by atoms with Crippen LogP contribution in [0.3, 0.4) is 0 Å². The van der Waals surface area contributed by atoms with Gasteiger partial charge in [0.2, 0.25) is 4.96 Å². The Labute approximate surface area is 121 Å². The molecule has 0 fully saturated rings. The topological polar surface area (TPSA) is 30.2 Å². The van der Waals surface area contributed by atoms with E-state index in [2.05, 4.69) is 39.0 Å². The van der Waals surface area contributed by atoms with Crippen molar-refractivity contribution in [2.24, 2.45) is 0 Å². The maximum Gasteiger partial charge on any atom is 0.216 e. The summed E-state index contributed by atoms with van der Waals surface area (Å²) in [4.78, 5) is 2.23. The first-order chi connectivity index (χ1) is 8.28. The molecule has 0 bridgehead atoms. The Balaban J connectivity index is 2.16. The Morgan fingerprint density at radius 3 is 2.71 bits per heavy atom. The molecule has 86 valence electrons. The normalized spacial score (nSPS) is 11.2. The van der Waals surface area contributed by atoms with E-state index in [9.17, 15) is 0 Å². The highest BCUT2D eigenvalue weighted by molar-refractivity contribution is 14.1. The molecule has 0 unspecified atom stereocenters. The highest BCUT2D eigenvalue weighted by atomic mass is 127. The van der Waals surface area contributed by atoms with Crippen LogP contribution >= 0.6 is 45.5 Å². The summed E-state index contributed by atoms with van der Waals surface area (Å²) in [7, 11) is 0. The fourth-order valence-corrected chi connectivity index (χ4v) is 3.16. The van der Waals surface area contributed by atoms with Gasteiger partial charge in [-0.2, -0.15) is 0 Å². The van der Waals surface area contributed by atoms with E-state index < -0.39 is 0 Å². The SMILES string of the molecule is Clc1ccc(-c2nnc3sc(CI)cn23)cc1. The molecule has 2 aromatic heterocycles. The standard InChI is InChI=1S/C11H7ClIN3S/c12-8-3-1-7(2-4-8)10-14-15-11-16(10)6-9(5-13)17-11/h1-4,6H,5H2. The largest absolute Gasteiger partial charge is 0.273 e. The Morgan fingerprint density at radius 2 is 2.00 bits per heavy atom. The lowest BCUT2D eigenvalue weighted by atomic mass is 10.2. The first-order valence-electron chi connectivity index (χ1n) is 4.93. The lowest BCUT2D eigenvalue weighted by Gasteiger charge is -1.97. The van der Waals surface area contributed by atoms with E-state index in [1.807, 2.05) is 28.7 Å². The minimum Gasteiger partial charge on any atom is -0.273 e. The molecule has 17 heavy (non-hydrogen) atoms. The van der Waals surface area contributed by atoms with Crippen molar-refractivity contribution < 1.29 is 0 Å². The summed E-state index contributed by atoms with van der Waals surface area (Å²) in [5.41, 5.74) is 1.03. The molecule has 1 aromatic carbocycles. The summed E-state index contributed by atoms with van der Waals surface area (Å²) in [6, 6.07) is 7.65. The molecule has 0 saturated heterocycles. The van der Waals surface area contributed by atoms with Crippen molar-refractivity contribution in [3.8, 4) is 11.4 Å². The van der Waals surface area contributed by atoms with Crippen molar-refractivity contribution in [2.75, 3.05) is 0 Å². The van der Waals surface area contributed by atoms with Crippen molar-refractivity contribution in [2.45, 2.75) is 4.43 Å². The quantitative estimate of drug-likeness (QED) is 0.500. The predicted molar refractivity (Wildman–Crippen MR) is 79.0 cm³/mol. The Hall–Kier alpha value is -0.660. The molecular formula is C11H7ClIN3S. The Bertz CT molecular complexity index is 659. The number of aromatic nitrogens is 3. The maximum atomic E-state index is 5.88. The Morgan fingerprint density at radius 1 is 1.24 bits per heavy atom. The third-order valence-electron chi connectivity index (χ3n) is 2.39. The first-order valence-corrected chi connectivity index (χ1v) is 7.65. The number of alkyl halides is 1. The Kier molecular flexibility index (Phi) is 3.06. The van der Waals surface area contributed by atoms with Crippen LogP contribution < -0.4 is 0 Å².